The number of phenolic OH excluding ortho intramolecular Hbond substituents is 1. The molecule has 0 radical (unpaired) electrons. The van der Waals surface area contributed by atoms with E-state index in [0.717, 1.165) is 28.3 Å². The number of nitrogens with zero attached hydrogens (tertiary/aromatic N) is 2. The van der Waals surface area contributed by atoms with Crippen molar-refractivity contribution in [1.82, 2.24) is 4.98 Å². The zero-order valence-electron chi connectivity index (χ0n) is 14.1. The largest absolute Gasteiger partial charge is 0.508 e. The number of rotatable bonds is 4. The van der Waals surface area contributed by atoms with Gasteiger partial charge in [-0.2, -0.15) is 0 Å². The van der Waals surface area contributed by atoms with E-state index < -0.39 is 0 Å². The number of fused-ring (bicyclic) bond motifs is 1. The van der Waals surface area contributed by atoms with E-state index in [1.807, 2.05) is 24.4 Å². The number of ether oxygens (including phenoxy) is 1. The molecule has 124 valence electrons. The fourth-order valence-corrected chi connectivity index (χ4v) is 3.40. The number of pyridine rings is 1. The van der Waals surface area contributed by atoms with Crippen LogP contribution in [0.15, 0.2) is 35.3 Å². The molecule has 0 bridgehead atoms. The standard InChI is InChI=1S/C20H22N2O2/c1-20(2,14-4-3-5-14)24-19-10-17(13-6-8-15(23)9-7-13)22-18-12-21-11-16(18)19/h6-11,14,23H,3-5,12H2,1-2H3. The van der Waals surface area contributed by atoms with Crippen LogP contribution in [0.1, 0.15) is 44.4 Å². The van der Waals surface area contributed by atoms with Crippen LogP contribution in [0.2, 0.25) is 0 Å². The van der Waals surface area contributed by atoms with Crippen LogP contribution in [-0.2, 0) is 6.54 Å². The molecule has 1 saturated carbocycles. The molecule has 0 spiro atoms. The molecule has 0 unspecified atom stereocenters. The second-order valence-corrected chi connectivity index (χ2v) is 7.22. The summed E-state index contributed by atoms with van der Waals surface area (Å²) >= 11 is 0. The SMILES string of the molecule is CC(C)(Oc1cc(-c2ccc(O)cc2)nc2c1C=NC2)C1CCC1. The molecular weight excluding hydrogens is 300 g/mol. The Labute approximate surface area is 142 Å². The molecule has 4 rings (SSSR count). The van der Waals surface area contributed by atoms with E-state index in [1.165, 1.54) is 19.3 Å². The van der Waals surface area contributed by atoms with E-state index in [1.54, 1.807) is 12.1 Å². The van der Waals surface area contributed by atoms with E-state index in [0.29, 0.717) is 12.5 Å². The maximum Gasteiger partial charge on any atom is 0.132 e. The molecule has 1 N–H and O–H groups in total. The number of aliphatic imine (C=N–C) groups is 1. The van der Waals surface area contributed by atoms with E-state index in [-0.39, 0.29) is 11.4 Å². The first-order chi connectivity index (χ1) is 11.5. The molecular formula is C20H22N2O2. The van der Waals surface area contributed by atoms with Crippen LogP contribution in [0, 0.1) is 5.92 Å². The highest BCUT2D eigenvalue weighted by Gasteiger charge is 2.36. The van der Waals surface area contributed by atoms with Gasteiger partial charge in [0, 0.05) is 17.8 Å². The van der Waals surface area contributed by atoms with Crippen LogP contribution in [0.4, 0.5) is 0 Å². The van der Waals surface area contributed by atoms with Crippen LogP contribution in [0.3, 0.4) is 0 Å². The number of aromatic hydroxyl groups is 1. The summed E-state index contributed by atoms with van der Waals surface area (Å²) in [4.78, 5) is 9.10. The molecule has 2 aliphatic rings. The number of hydrogen-bond donors (Lipinski definition) is 1. The summed E-state index contributed by atoms with van der Waals surface area (Å²) in [6, 6.07) is 9.11. The van der Waals surface area contributed by atoms with Crippen LogP contribution in [0.5, 0.6) is 11.5 Å². The van der Waals surface area contributed by atoms with Gasteiger partial charge >= 0.3 is 0 Å². The van der Waals surface area contributed by atoms with Gasteiger partial charge in [0.25, 0.3) is 0 Å². The monoisotopic (exact) mass is 322 g/mol. The molecule has 1 aliphatic carbocycles. The fourth-order valence-electron chi connectivity index (χ4n) is 3.40. The Kier molecular flexibility index (Phi) is 3.56. The molecule has 0 amide bonds. The molecule has 2 aromatic rings. The fraction of sp³-hybridized carbons (Fsp3) is 0.400. The first kappa shape index (κ1) is 15.2. The molecule has 1 aliphatic heterocycles. The van der Waals surface area contributed by atoms with Gasteiger partial charge in [-0.05, 0) is 56.9 Å². The van der Waals surface area contributed by atoms with Gasteiger partial charge in [0.1, 0.15) is 17.1 Å². The molecule has 1 aromatic carbocycles. The Morgan fingerprint density at radius 3 is 2.58 bits per heavy atom. The van der Waals surface area contributed by atoms with Crippen molar-refractivity contribution in [3.8, 4) is 22.8 Å². The lowest BCUT2D eigenvalue weighted by atomic mass is 9.74. The molecule has 0 saturated heterocycles. The van der Waals surface area contributed by atoms with E-state index in [9.17, 15) is 5.11 Å². The van der Waals surface area contributed by atoms with Gasteiger partial charge in [-0.15, -0.1) is 0 Å². The van der Waals surface area contributed by atoms with Crippen molar-refractivity contribution < 1.29 is 9.84 Å². The predicted molar refractivity (Wildman–Crippen MR) is 94.7 cm³/mol. The number of phenols is 1. The average molecular weight is 322 g/mol. The van der Waals surface area contributed by atoms with Gasteiger partial charge in [-0.1, -0.05) is 6.42 Å². The van der Waals surface area contributed by atoms with Gasteiger partial charge in [-0.3, -0.25) is 4.99 Å². The van der Waals surface area contributed by atoms with E-state index in [2.05, 4.69) is 18.8 Å². The summed E-state index contributed by atoms with van der Waals surface area (Å²) in [7, 11) is 0. The molecule has 4 nitrogen and oxygen atoms in total. The highest BCUT2D eigenvalue weighted by molar-refractivity contribution is 5.88. The Balaban J connectivity index is 1.72. The summed E-state index contributed by atoms with van der Waals surface area (Å²) in [5.41, 5.74) is 3.60. The predicted octanol–water partition coefficient (Wildman–Crippen LogP) is 4.34. The zero-order valence-corrected chi connectivity index (χ0v) is 14.1. The van der Waals surface area contributed by atoms with E-state index >= 15 is 0 Å². The van der Waals surface area contributed by atoms with Gasteiger partial charge < -0.3 is 9.84 Å². The second-order valence-electron chi connectivity index (χ2n) is 7.22. The molecule has 1 fully saturated rings. The number of aromatic nitrogens is 1. The lowest BCUT2D eigenvalue weighted by molar-refractivity contribution is 0.00493. The Morgan fingerprint density at radius 1 is 1.17 bits per heavy atom. The number of benzene rings is 1. The van der Waals surface area contributed by atoms with Gasteiger partial charge in [-0.25, -0.2) is 4.98 Å². The number of hydrogen-bond acceptors (Lipinski definition) is 4. The van der Waals surface area contributed by atoms with Crippen LogP contribution < -0.4 is 4.74 Å². The minimum atomic E-state index is -0.184. The van der Waals surface area contributed by atoms with Crippen molar-refractivity contribution in [2.45, 2.75) is 45.3 Å². The molecule has 0 atom stereocenters. The van der Waals surface area contributed by atoms with Crippen molar-refractivity contribution in [1.29, 1.82) is 0 Å². The lowest BCUT2D eigenvalue weighted by Gasteiger charge is -2.40. The molecule has 1 aromatic heterocycles. The zero-order chi connectivity index (χ0) is 16.7. The maximum atomic E-state index is 9.50. The van der Waals surface area contributed by atoms with Crippen molar-refractivity contribution in [2.75, 3.05) is 0 Å². The smallest absolute Gasteiger partial charge is 0.132 e. The third-order valence-electron chi connectivity index (χ3n) is 5.19. The molecule has 24 heavy (non-hydrogen) atoms. The molecule has 4 heteroatoms. The van der Waals surface area contributed by atoms with Crippen molar-refractivity contribution in [3.05, 3.63) is 41.6 Å². The minimum absolute atomic E-state index is 0.184. The first-order valence-corrected chi connectivity index (χ1v) is 8.55. The quantitative estimate of drug-likeness (QED) is 0.911. The third-order valence-corrected chi connectivity index (χ3v) is 5.19. The van der Waals surface area contributed by atoms with Gasteiger partial charge in [0.2, 0.25) is 0 Å². The Bertz CT molecular complexity index is 790. The van der Waals surface area contributed by atoms with Crippen LogP contribution >= 0.6 is 0 Å². The Hall–Kier alpha value is -2.36. The van der Waals surface area contributed by atoms with Gasteiger partial charge in [0.15, 0.2) is 0 Å². The minimum Gasteiger partial charge on any atom is -0.508 e. The van der Waals surface area contributed by atoms with Crippen molar-refractivity contribution in [3.63, 3.8) is 0 Å². The summed E-state index contributed by atoms with van der Waals surface area (Å²) in [5, 5.41) is 9.50. The third kappa shape index (κ3) is 2.66. The Morgan fingerprint density at radius 2 is 1.92 bits per heavy atom. The summed E-state index contributed by atoms with van der Waals surface area (Å²) in [6.07, 6.45) is 5.64. The second kappa shape index (κ2) is 5.62. The van der Waals surface area contributed by atoms with Crippen molar-refractivity contribution in [2.24, 2.45) is 10.9 Å². The van der Waals surface area contributed by atoms with Crippen LogP contribution in [0.25, 0.3) is 11.3 Å². The van der Waals surface area contributed by atoms with Crippen LogP contribution in [-0.4, -0.2) is 21.9 Å². The van der Waals surface area contributed by atoms with Crippen molar-refractivity contribution >= 4 is 6.21 Å². The first-order valence-electron chi connectivity index (χ1n) is 8.55. The lowest BCUT2D eigenvalue weighted by Crippen LogP contribution is -2.41. The topological polar surface area (TPSA) is 54.7 Å². The maximum absolute atomic E-state index is 9.50. The summed E-state index contributed by atoms with van der Waals surface area (Å²) in [6.45, 7) is 4.95. The normalized spacial score (nSPS) is 16.8. The highest BCUT2D eigenvalue weighted by Crippen LogP contribution is 2.40. The highest BCUT2D eigenvalue weighted by atomic mass is 16.5. The van der Waals surface area contributed by atoms with Gasteiger partial charge in [0.05, 0.1) is 23.5 Å². The summed E-state index contributed by atoms with van der Waals surface area (Å²) in [5.74, 6) is 1.73. The summed E-state index contributed by atoms with van der Waals surface area (Å²) < 4.78 is 6.45. The average Bonchev–Trinajstić information content (AvgIpc) is 2.93. The van der Waals surface area contributed by atoms with E-state index in [4.69, 9.17) is 9.72 Å². The molecule has 2 heterocycles.